The Morgan fingerprint density at radius 3 is 3.25 bits per heavy atom. The molecule has 0 unspecified atom stereocenters. The lowest BCUT2D eigenvalue weighted by atomic mass is 10.3. The van der Waals surface area contributed by atoms with Gasteiger partial charge in [-0.15, -0.1) is 0 Å². The molecule has 0 atom stereocenters. The first-order chi connectivity index (χ1) is 4.33. The van der Waals surface area contributed by atoms with E-state index in [1.807, 2.05) is 6.07 Å². The van der Waals surface area contributed by atoms with E-state index in [9.17, 15) is 0 Å². The molecular formula is C6H4N2. The Labute approximate surface area is 48.8 Å². The van der Waals surface area contributed by atoms with Crippen molar-refractivity contribution in [1.82, 2.24) is 4.98 Å². The zero-order valence-electron chi connectivity index (χ0n) is 5.13. The minimum atomic E-state index is 0.272. The number of aromatic nitrogens is 1. The van der Waals surface area contributed by atoms with Gasteiger partial charge in [0, 0.05) is 12.4 Å². The van der Waals surface area contributed by atoms with Crippen molar-refractivity contribution in [3.63, 3.8) is 0 Å². The van der Waals surface area contributed by atoms with E-state index in [1.165, 1.54) is 18.5 Å². The van der Waals surface area contributed by atoms with Crippen LogP contribution in [0.3, 0.4) is 0 Å². The normalized spacial score (nSPS) is 9.62. The van der Waals surface area contributed by atoms with Crippen LogP contribution in [0, 0.1) is 11.3 Å². The quantitative estimate of drug-likeness (QED) is 0.492. The fourth-order valence-corrected chi connectivity index (χ4v) is 0.386. The predicted molar refractivity (Wildman–Crippen MR) is 29.0 cm³/mol. The summed E-state index contributed by atoms with van der Waals surface area (Å²) in [6.45, 7) is 0. The molecule has 0 amide bonds. The third-order valence-corrected chi connectivity index (χ3v) is 0.731. The van der Waals surface area contributed by atoms with Crippen LogP contribution in [-0.2, 0) is 0 Å². The molecule has 0 saturated carbocycles. The van der Waals surface area contributed by atoms with Gasteiger partial charge in [0.15, 0.2) is 0 Å². The predicted octanol–water partition coefficient (Wildman–Crippen LogP) is 0.953. The molecule has 2 nitrogen and oxygen atoms in total. The molecule has 0 saturated heterocycles. The standard InChI is InChI=1S/C6H4N2/c7-4-6-2-1-3-8-5-6/h1-3,5H/i1D. The number of nitriles is 1. The highest BCUT2D eigenvalue weighted by Crippen LogP contribution is 1.89. The Bertz CT molecular complexity index is 251. The Balaban J connectivity index is 3.12. The van der Waals surface area contributed by atoms with Crippen LogP contribution in [0.25, 0.3) is 0 Å². The summed E-state index contributed by atoms with van der Waals surface area (Å²) >= 11 is 0. The van der Waals surface area contributed by atoms with Crippen LogP contribution >= 0.6 is 0 Å². The second kappa shape index (κ2) is 2.08. The van der Waals surface area contributed by atoms with Gasteiger partial charge in [0.05, 0.1) is 6.93 Å². The molecule has 0 N–H and O–H groups in total. The molecular weight excluding hydrogens is 100 g/mol. The van der Waals surface area contributed by atoms with Crippen molar-refractivity contribution >= 4 is 0 Å². The smallest absolute Gasteiger partial charge is 0.101 e. The highest BCUT2D eigenvalue weighted by Gasteiger charge is 1.80. The minimum absolute atomic E-state index is 0.272. The molecule has 1 heterocycles. The number of nitrogens with zero attached hydrogens (tertiary/aromatic N) is 2. The van der Waals surface area contributed by atoms with E-state index in [-0.39, 0.29) is 6.04 Å². The van der Waals surface area contributed by atoms with Gasteiger partial charge in [-0.05, 0) is 12.1 Å². The van der Waals surface area contributed by atoms with Gasteiger partial charge in [0.25, 0.3) is 0 Å². The highest BCUT2D eigenvalue weighted by molar-refractivity contribution is 5.23. The summed E-state index contributed by atoms with van der Waals surface area (Å²) < 4.78 is 7.03. The van der Waals surface area contributed by atoms with Crippen LogP contribution in [-0.4, -0.2) is 4.98 Å². The van der Waals surface area contributed by atoms with E-state index in [0.717, 1.165) is 0 Å². The highest BCUT2D eigenvalue weighted by atomic mass is 14.6. The lowest BCUT2D eigenvalue weighted by Crippen LogP contribution is -1.72. The van der Waals surface area contributed by atoms with E-state index in [1.54, 1.807) is 0 Å². The van der Waals surface area contributed by atoms with Crippen molar-refractivity contribution < 1.29 is 1.37 Å². The number of hydrogen-bond donors (Lipinski definition) is 0. The molecule has 0 spiro atoms. The SMILES string of the molecule is [2H]c1cncc(C#N)c1. The summed E-state index contributed by atoms with van der Waals surface area (Å²) in [5.41, 5.74) is 0.433. The van der Waals surface area contributed by atoms with E-state index in [0.29, 0.717) is 5.56 Å². The van der Waals surface area contributed by atoms with Gasteiger partial charge in [-0.2, -0.15) is 5.26 Å². The van der Waals surface area contributed by atoms with Gasteiger partial charge >= 0.3 is 0 Å². The molecule has 0 fully saturated rings. The molecule has 8 heavy (non-hydrogen) atoms. The van der Waals surface area contributed by atoms with Crippen LogP contribution in [0.2, 0.25) is 0 Å². The Hall–Kier alpha value is -1.36. The molecule has 0 aliphatic carbocycles. The van der Waals surface area contributed by atoms with Gasteiger partial charge < -0.3 is 0 Å². The van der Waals surface area contributed by atoms with Crippen molar-refractivity contribution in [3.8, 4) is 6.07 Å². The topological polar surface area (TPSA) is 36.7 Å². The fraction of sp³-hybridized carbons (Fsp3) is 0. The molecule has 0 radical (unpaired) electrons. The zero-order chi connectivity index (χ0) is 6.69. The number of pyridine rings is 1. The van der Waals surface area contributed by atoms with Crippen molar-refractivity contribution in [1.29, 1.82) is 5.26 Å². The second-order valence-electron chi connectivity index (χ2n) is 1.29. The summed E-state index contributed by atoms with van der Waals surface area (Å²) in [6.07, 6.45) is 2.82. The van der Waals surface area contributed by atoms with Crippen LogP contribution in [0.4, 0.5) is 0 Å². The maximum absolute atomic E-state index is 8.29. The minimum Gasteiger partial charge on any atom is -0.263 e. The van der Waals surface area contributed by atoms with Gasteiger partial charge in [-0.3, -0.25) is 4.98 Å². The maximum Gasteiger partial charge on any atom is 0.101 e. The van der Waals surface area contributed by atoms with Crippen LogP contribution < -0.4 is 0 Å². The Kier molecular flexibility index (Phi) is 0.941. The van der Waals surface area contributed by atoms with E-state index < -0.39 is 0 Å². The number of rotatable bonds is 0. The molecule has 0 aromatic carbocycles. The molecule has 0 aliphatic rings. The monoisotopic (exact) mass is 105 g/mol. The van der Waals surface area contributed by atoms with Crippen molar-refractivity contribution in [2.24, 2.45) is 0 Å². The van der Waals surface area contributed by atoms with Gasteiger partial charge in [0.1, 0.15) is 6.07 Å². The third-order valence-electron chi connectivity index (χ3n) is 0.731. The van der Waals surface area contributed by atoms with Gasteiger partial charge in [-0.25, -0.2) is 0 Å². The summed E-state index contributed by atoms with van der Waals surface area (Å²) in [4.78, 5) is 3.65. The largest absolute Gasteiger partial charge is 0.263 e. The Morgan fingerprint density at radius 2 is 2.75 bits per heavy atom. The molecule has 0 aliphatic heterocycles. The summed E-state index contributed by atoms with van der Waals surface area (Å²) in [6, 6.07) is 3.62. The van der Waals surface area contributed by atoms with Gasteiger partial charge in [0.2, 0.25) is 0 Å². The van der Waals surface area contributed by atoms with Gasteiger partial charge in [-0.1, -0.05) is 0 Å². The third kappa shape index (κ3) is 0.824. The van der Waals surface area contributed by atoms with E-state index in [2.05, 4.69) is 4.98 Å². The fourth-order valence-electron chi connectivity index (χ4n) is 0.386. The first kappa shape index (κ1) is 3.62. The lowest BCUT2D eigenvalue weighted by molar-refractivity contribution is 1.30. The van der Waals surface area contributed by atoms with Crippen molar-refractivity contribution in [3.05, 3.63) is 30.1 Å². The number of hydrogen-bond acceptors (Lipinski definition) is 2. The molecule has 38 valence electrons. The molecule has 2 heteroatoms. The van der Waals surface area contributed by atoms with E-state index >= 15 is 0 Å². The first-order valence-electron chi connectivity index (χ1n) is 2.64. The molecule has 1 rings (SSSR count). The van der Waals surface area contributed by atoms with E-state index in [4.69, 9.17) is 6.63 Å². The van der Waals surface area contributed by atoms with Crippen LogP contribution in [0.5, 0.6) is 0 Å². The van der Waals surface area contributed by atoms with Crippen molar-refractivity contribution in [2.45, 2.75) is 0 Å². The first-order valence-corrected chi connectivity index (χ1v) is 2.14. The maximum atomic E-state index is 8.29. The summed E-state index contributed by atoms with van der Waals surface area (Å²) in [5, 5.41) is 8.29. The molecule has 1 aromatic heterocycles. The van der Waals surface area contributed by atoms with Crippen LogP contribution in [0.15, 0.2) is 24.5 Å². The molecule has 0 bridgehead atoms. The van der Waals surface area contributed by atoms with Crippen LogP contribution in [0.1, 0.15) is 6.93 Å². The Morgan fingerprint density at radius 1 is 1.88 bits per heavy atom. The zero-order valence-corrected chi connectivity index (χ0v) is 4.13. The average molecular weight is 105 g/mol. The summed E-state index contributed by atoms with van der Waals surface area (Å²) in [5.74, 6) is 0. The average Bonchev–Trinajstić information content (AvgIpc) is 1.88. The lowest BCUT2D eigenvalue weighted by Gasteiger charge is -1.79. The summed E-state index contributed by atoms with van der Waals surface area (Å²) in [7, 11) is 0. The second-order valence-corrected chi connectivity index (χ2v) is 1.29. The van der Waals surface area contributed by atoms with Crippen molar-refractivity contribution in [2.75, 3.05) is 0 Å². The molecule has 1 aromatic rings.